The van der Waals surface area contributed by atoms with Crippen molar-refractivity contribution in [1.29, 1.82) is 0 Å². The van der Waals surface area contributed by atoms with Crippen molar-refractivity contribution in [3.8, 4) is 0 Å². The van der Waals surface area contributed by atoms with Gasteiger partial charge in [-0.3, -0.25) is 9.80 Å². The number of hydrogen-bond acceptors (Lipinski definition) is 7. The number of benzene rings is 2. The molecular formula is C25H29N7O. The highest BCUT2D eigenvalue weighted by Gasteiger charge is 2.27. The largest absolute Gasteiger partial charge is 0.390 e. The second kappa shape index (κ2) is 9.66. The van der Waals surface area contributed by atoms with Crippen LogP contribution in [0.3, 0.4) is 0 Å². The molecule has 0 amide bonds. The van der Waals surface area contributed by atoms with Gasteiger partial charge in [-0.25, -0.2) is 15.0 Å². The quantitative estimate of drug-likeness (QED) is 0.452. The summed E-state index contributed by atoms with van der Waals surface area (Å²) in [7, 11) is 0. The van der Waals surface area contributed by atoms with Gasteiger partial charge in [0.15, 0.2) is 11.5 Å². The molecule has 5 rings (SSSR count). The van der Waals surface area contributed by atoms with Crippen LogP contribution in [-0.2, 0) is 6.54 Å². The minimum absolute atomic E-state index is 0.236. The highest BCUT2D eigenvalue weighted by atomic mass is 16.3. The van der Waals surface area contributed by atoms with Crippen LogP contribution in [0, 0.1) is 0 Å². The third-order valence-corrected chi connectivity index (χ3v) is 6.32. The fourth-order valence-electron chi connectivity index (χ4n) is 4.74. The van der Waals surface area contributed by atoms with Gasteiger partial charge >= 0.3 is 0 Å². The summed E-state index contributed by atoms with van der Waals surface area (Å²) >= 11 is 0. The normalized spacial score (nSPS) is 16.4. The molecule has 4 aromatic rings. The van der Waals surface area contributed by atoms with E-state index in [1.165, 1.54) is 17.5 Å². The Morgan fingerprint density at radius 2 is 1.45 bits per heavy atom. The number of anilines is 1. The number of β-amino-alcohol motifs (C(OH)–C–C–N with tert-alkyl or cyclic N) is 1. The van der Waals surface area contributed by atoms with E-state index in [1.807, 2.05) is 4.57 Å². The zero-order chi connectivity index (χ0) is 22.6. The Balaban J connectivity index is 1.23. The van der Waals surface area contributed by atoms with Gasteiger partial charge in [-0.1, -0.05) is 60.7 Å². The number of aliphatic hydroxyl groups excluding tert-OH is 1. The average molecular weight is 444 g/mol. The SMILES string of the molecule is Nc1ncnc2ncn(CC(O)CN3CCN(C(c4ccccc4)c4ccccc4)CC3)c12. The molecule has 8 heteroatoms. The summed E-state index contributed by atoms with van der Waals surface area (Å²) in [6.07, 6.45) is 2.54. The Hall–Kier alpha value is -3.33. The first-order chi connectivity index (χ1) is 16.2. The van der Waals surface area contributed by atoms with Crippen LogP contribution >= 0.6 is 0 Å². The van der Waals surface area contributed by atoms with Crippen LogP contribution in [0.2, 0.25) is 0 Å². The molecule has 1 atom stereocenters. The molecule has 3 N–H and O–H groups in total. The van der Waals surface area contributed by atoms with Crippen molar-refractivity contribution in [2.75, 3.05) is 38.5 Å². The molecule has 33 heavy (non-hydrogen) atoms. The predicted molar refractivity (Wildman–Crippen MR) is 128 cm³/mol. The second-order valence-electron chi connectivity index (χ2n) is 8.54. The number of imidazole rings is 1. The van der Waals surface area contributed by atoms with E-state index in [0.29, 0.717) is 30.1 Å². The van der Waals surface area contributed by atoms with Gasteiger partial charge in [-0.15, -0.1) is 0 Å². The lowest BCUT2D eigenvalue weighted by atomic mass is 9.96. The summed E-state index contributed by atoms with van der Waals surface area (Å²) in [5, 5.41) is 10.8. The number of nitrogens with two attached hydrogens (primary N) is 1. The van der Waals surface area contributed by atoms with Crippen molar-refractivity contribution in [1.82, 2.24) is 29.3 Å². The lowest BCUT2D eigenvalue weighted by Gasteiger charge is -2.40. The Labute approximate surface area is 193 Å². The number of nitrogen functional groups attached to an aromatic ring is 1. The highest BCUT2D eigenvalue weighted by molar-refractivity contribution is 5.81. The van der Waals surface area contributed by atoms with E-state index in [4.69, 9.17) is 5.73 Å². The Kier molecular flexibility index (Phi) is 6.30. The maximum Gasteiger partial charge on any atom is 0.182 e. The maximum absolute atomic E-state index is 10.8. The smallest absolute Gasteiger partial charge is 0.182 e. The molecule has 0 aliphatic carbocycles. The molecule has 2 aromatic carbocycles. The van der Waals surface area contributed by atoms with Crippen LogP contribution in [0.4, 0.5) is 5.82 Å². The van der Waals surface area contributed by atoms with Crippen LogP contribution in [0.5, 0.6) is 0 Å². The molecule has 1 unspecified atom stereocenters. The van der Waals surface area contributed by atoms with E-state index in [9.17, 15) is 5.11 Å². The number of fused-ring (bicyclic) bond motifs is 1. The van der Waals surface area contributed by atoms with E-state index in [1.54, 1.807) is 6.33 Å². The van der Waals surface area contributed by atoms with Gasteiger partial charge in [-0.2, -0.15) is 0 Å². The molecule has 170 valence electrons. The number of piperazine rings is 1. The first kappa shape index (κ1) is 21.5. The summed E-state index contributed by atoms with van der Waals surface area (Å²) in [5.74, 6) is 0.381. The Bertz CT molecular complexity index is 1130. The summed E-state index contributed by atoms with van der Waals surface area (Å²) in [5.41, 5.74) is 9.84. The molecule has 0 bridgehead atoms. The standard InChI is InChI=1S/C25H29N7O/c26-24-23-25(28-17-27-24)29-18-32(23)16-21(33)15-30-11-13-31(14-12-30)22(19-7-3-1-4-8-19)20-9-5-2-6-10-20/h1-10,17-18,21-22,33H,11-16H2,(H2,26,27,28). The van der Waals surface area contributed by atoms with E-state index < -0.39 is 6.10 Å². The Morgan fingerprint density at radius 1 is 0.818 bits per heavy atom. The van der Waals surface area contributed by atoms with Crippen molar-refractivity contribution in [3.63, 3.8) is 0 Å². The molecule has 3 heterocycles. The molecule has 0 radical (unpaired) electrons. The number of aliphatic hydroxyl groups is 1. The van der Waals surface area contributed by atoms with Gasteiger partial charge in [0.05, 0.1) is 25.0 Å². The van der Waals surface area contributed by atoms with Gasteiger partial charge in [-0.05, 0) is 11.1 Å². The van der Waals surface area contributed by atoms with Gasteiger partial charge in [0.1, 0.15) is 11.8 Å². The fraction of sp³-hybridized carbons (Fsp3) is 0.320. The van der Waals surface area contributed by atoms with Gasteiger partial charge in [0, 0.05) is 32.7 Å². The zero-order valence-corrected chi connectivity index (χ0v) is 18.5. The number of nitrogens with zero attached hydrogens (tertiary/aromatic N) is 6. The van der Waals surface area contributed by atoms with Gasteiger partial charge in [0.2, 0.25) is 0 Å². The van der Waals surface area contributed by atoms with Crippen LogP contribution in [0.15, 0.2) is 73.3 Å². The maximum atomic E-state index is 10.8. The number of rotatable bonds is 7. The van der Waals surface area contributed by atoms with Crippen molar-refractivity contribution < 1.29 is 5.11 Å². The number of aromatic nitrogens is 4. The van der Waals surface area contributed by atoms with Crippen LogP contribution in [-0.4, -0.2) is 73.3 Å². The zero-order valence-electron chi connectivity index (χ0n) is 18.5. The van der Waals surface area contributed by atoms with Gasteiger partial charge in [0.25, 0.3) is 0 Å². The third kappa shape index (κ3) is 4.73. The topological polar surface area (TPSA) is 96.3 Å². The molecule has 1 saturated heterocycles. The molecule has 1 fully saturated rings. The van der Waals surface area contributed by atoms with Crippen molar-refractivity contribution >= 4 is 17.0 Å². The highest BCUT2D eigenvalue weighted by Crippen LogP contribution is 2.29. The first-order valence-corrected chi connectivity index (χ1v) is 11.3. The van der Waals surface area contributed by atoms with Crippen LogP contribution in [0.1, 0.15) is 17.2 Å². The third-order valence-electron chi connectivity index (χ3n) is 6.32. The van der Waals surface area contributed by atoms with Crippen molar-refractivity contribution in [3.05, 3.63) is 84.4 Å². The summed E-state index contributed by atoms with van der Waals surface area (Å²) in [4.78, 5) is 17.3. The predicted octanol–water partition coefficient (Wildman–Crippen LogP) is 2.18. The van der Waals surface area contributed by atoms with E-state index >= 15 is 0 Å². The van der Waals surface area contributed by atoms with E-state index in [-0.39, 0.29) is 6.04 Å². The molecule has 0 saturated carbocycles. The van der Waals surface area contributed by atoms with Gasteiger partial charge < -0.3 is 15.4 Å². The second-order valence-corrected chi connectivity index (χ2v) is 8.54. The molecule has 1 aliphatic heterocycles. The summed E-state index contributed by atoms with van der Waals surface area (Å²) < 4.78 is 1.84. The molecule has 1 aliphatic rings. The molecule has 0 spiro atoms. The Morgan fingerprint density at radius 3 is 2.09 bits per heavy atom. The van der Waals surface area contributed by atoms with Crippen molar-refractivity contribution in [2.24, 2.45) is 0 Å². The lowest BCUT2D eigenvalue weighted by molar-refractivity contribution is 0.0560. The van der Waals surface area contributed by atoms with Crippen LogP contribution in [0.25, 0.3) is 11.2 Å². The fourth-order valence-corrected chi connectivity index (χ4v) is 4.74. The molecule has 8 nitrogen and oxygen atoms in total. The van der Waals surface area contributed by atoms with E-state index in [0.717, 1.165) is 26.2 Å². The summed E-state index contributed by atoms with van der Waals surface area (Å²) in [6.45, 7) is 4.70. The van der Waals surface area contributed by atoms with Crippen molar-refractivity contribution in [2.45, 2.75) is 18.7 Å². The minimum atomic E-state index is -0.535. The summed E-state index contributed by atoms with van der Waals surface area (Å²) in [6, 6.07) is 21.6. The molecular weight excluding hydrogens is 414 g/mol. The monoisotopic (exact) mass is 443 g/mol. The minimum Gasteiger partial charge on any atom is -0.390 e. The van der Waals surface area contributed by atoms with E-state index in [2.05, 4.69) is 85.4 Å². The number of hydrogen-bond donors (Lipinski definition) is 2. The first-order valence-electron chi connectivity index (χ1n) is 11.3. The average Bonchev–Trinajstić information content (AvgIpc) is 3.25. The lowest BCUT2D eigenvalue weighted by Crippen LogP contribution is -2.50. The van der Waals surface area contributed by atoms with Crippen LogP contribution < -0.4 is 5.73 Å². The molecule has 2 aromatic heterocycles.